The van der Waals surface area contributed by atoms with Gasteiger partial charge in [-0.15, -0.1) is 6.58 Å². The van der Waals surface area contributed by atoms with Crippen molar-refractivity contribution < 1.29 is 14.3 Å². The summed E-state index contributed by atoms with van der Waals surface area (Å²) in [6, 6.07) is 0. The molecule has 0 aliphatic carbocycles. The van der Waals surface area contributed by atoms with Gasteiger partial charge in [0, 0.05) is 6.92 Å². The normalized spacial score (nSPS) is 26.9. The smallest absolute Gasteiger partial charge is 0.302 e. The molecule has 0 bridgehead atoms. The molecule has 0 N–H and O–H groups in total. The standard InChI is InChI=1S/C11H18O3/c1-3-5-10-6-4-7-11(14-10)8-13-9(2)12/h3,10-11H,1,4-8H2,2H3/t10-,11+/m0/s1. The minimum absolute atomic E-state index is 0.0811. The molecule has 1 heterocycles. The van der Waals surface area contributed by atoms with Crippen LogP contribution in [0.25, 0.3) is 0 Å². The Morgan fingerprint density at radius 3 is 2.93 bits per heavy atom. The van der Waals surface area contributed by atoms with E-state index in [4.69, 9.17) is 9.47 Å². The van der Waals surface area contributed by atoms with Gasteiger partial charge in [0.25, 0.3) is 0 Å². The summed E-state index contributed by atoms with van der Waals surface area (Å²) in [5.41, 5.74) is 0. The third-order valence-corrected chi connectivity index (χ3v) is 2.34. The minimum Gasteiger partial charge on any atom is -0.463 e. The molecule has 2 atom stereocenters. The molecule has 0 unspecified atom stereocenters. The Hall–Kier alpha value is -0.830. The molecule has 0 radical (unpaired) electrons. The summed E-state index contributed by atoms with van der Waals surface area (Å²) in [6.07, 6.45) is 6.32. The second kappa shape index (κ2) is 5.81. The molecule has 1 saturated heterocycles. The summed E-state index contributed by atoms with van der Waals surface area (Å²) >= 11 is 0. The van der Waals surface area contributed by atoms with Crippen LogP contribution < -0.4 is 0 Å². The van der Waals surface area contributed by atoms with Crippen molar-refractivity contribution >= 4 is 5.97 Å². The van der Waals surface area contributed by atoms with E-state index in [0.717, 1.165) is 25.7 Å². The van der Waals surface area contributed by atoms with Gasteiger partial charge in [-0.25, -0.2) is 0 Å². The van der Waals surface area contributed by atoms with Crippen LogP contribution in [0, 0.1) is 0 Å². The Morgan fingerprint density at radius 2 is 2.29 bits per heavy atom. The molecular formula is C11H18O3. The van der Waals surface area contributed by atoms with Crippen molar-refractivity contribution in [3.8, 4) is 0 Å². The third kappa shape index (κ3) is 3.92. The Kier molecular flexibility index (Phi) is 4.66. The average molecular weight is 198 g/mol. The Morgan fingerprint density at radius 1 is 1.57 bits per heavy atom. The van der Waals surface area contributed by atoms with Crippen molar-refractivity contribution in [2.45, 2.75) is 44.8 Å². The lowest BCUT2D eigenvalue weighted by Gasteiger charge is -2.29. The van der Waals surface area contributed by atoms with Gasteiger partial charge in [0.05, 0.1) is 12.2 Å². The average Bonchev–Trinajstić information content (AvgIpc) is 2.16. The number of carbonyl (C=O) groups is 1. The van der Waals surface area contributed by atoms with E-state index in [9.17, 15) is 4.79 Å². The van der Waals surface area contributed by atoms with Crippen LogP contribution in [-0.4, -0.2) is 24.8 Å². The Labute approximate surface area is 85.1 Å². The van der Waals surface area contributed by atoms with Crippen molar-refractivity contribution in [2.24, 2.45) is 0 Å². The topological polar surface area (TPSA) is 35.5 Å². The van der Waals surface area contributed by atoms with E-state index in [1.807, 2.05) is 6.08 Å². The van der Waals surface area contributed by atoms with Crippen molar-refractivity contribution in [3.63, 3.8) is 0 Å². The molecule has 14 heavy (non-hydrogen) atoms. The first kappa shape index (κ1) is 11.2. The van der Waals surface area contributed by atoms with Gasteiger partial charge in [-0.3, -0.25) is 4.79 Å². The highest BCUT2D eigenvalue weighted by molar-refractivity contribution is 5.65. The molecule has 0 saturated carbocycles. The molecule has 0 spiro atoms. The van der Waals surface area contributed by atoms with E-state index in [-0.39, 0.29) is 18.2 Å². The van der Waals surface area contributed by atoms with Crippen molar-refractivity contribution in [1.29, 1.82) is 0 Å². The van der Waals surface area contributed by atoms with Gasteiger partial charge in [0.1, 0.15) is 6.61 Å². The maximum Gasteiger partial charge on any atom is 0.302 e. The fourth-order valence-electron chi connectivity index (χ4n) is 1.67. The minimum atomic E-state index is -0.237. The number of carbonyl (C=O) groups excluding carboxylic acids is 1. The maximum absolute atomic E-state index is 10.6. The SMILES string of the molecule is C=CC[C@H]1CCC[C@H](COC(C)=O)O1. The lowest BCUT2D eigenvalue weighted by molar-refractivity contribution is -0.149. The first-order valence-electron chi connectivity index (χ1n) is 5.12. The molecule has 0 amide bonds. The third-order valence-electron chi connectivity index (χ3n) is 2.34. The van der Waals surface area contributed by atoms with Gasteiger partial charge in [-0.05, 0) is 25.7 Å². The van der Waals surface area contributed by atoms with E-state index in [0.29, 0.717) is 6.61 Å². The van der Waals surface area contributed by atoms with Crippen LogP contribution in [0.3, 0.4) is 0 Å². The lowest BCUT2D eigenvalue weighted by atomic mass is 10.0. The zero-order chi connectivity index (χ0) is 10.4. The summed E-state index contributed by atoms with van der Waals surface area (Å²) in [7, 11) is 0. The van der Waals surface area contributed by atoms with Crippen molar-refractivity contribution in [3.05, 3.63) is 12.7 Å². The zero-order valence-electron chi connectivity index (χ0n) is 8.70. The quantitative estimate of drug-likeness (QED) is 0.512. The van der Waals surface area contributed by atoms with E-state index in [1.165, 1.54) is 6.92 Å². The molecule has 1 fully saturated rings. The lowest BCUT2D eigenvalue weighted by Crippen LogP contribution is -2.31. The fraction of sp³-hybridized carbons (Fsp3) is 0.727. The summed E-state index contributed by atoms with van der Waals surface area (Å²) < 4.78 is 10.6. The molecule has 0 aromatic heterocycles. The molecule has 1 aliphatic rings. The second-order valence-corrected chi connectivity index (χ2v) is 3.64. The van der Waals surface area contributed by atoms with Gasteiger partial charge in [0.15, 0.2) is 0 Å². The van der Waals surface area contributed by atoms with Gasteiger partial charge in [-0.2, -0.15) is 0 Å². The van der Waals surface area contributed by atoms with Crippen LogP contribution in [-0.2, 0) is 14.3 Å². The molecule has 1 aliphatic heterocycles. The first-order chi connectivity index (χ1) is 6.72. The van der Waals surface area contributed by atoms with Crippen molar-refractivity contribution in [2.75, 3.05) is 6.61 Å². The number of esters is 1. The van der Waals surface area contributed by atoms with Crippen LogP contribution in [0.1, 0.15) is 32.6 Å². The highest BCUT2D eigenvalue weighted by Gasteiger charge is 2.21. The van der Waals surface area contributed by atoms with E-state index < -0.39 is 0 Å². The van der Waals surface area contributed by atoms with Gasteiger partial charge in [-0.1, -0.05) is 6.08 Å². The molecule has 3 nitrogen and oxygen atoms in total. The fourth-order valence-corrected chi connectivity index (χ4v) is 1.67. The summed E-state index contributed by atoms with van der Waals surface area (Å²) in [5, 5.41) is 0. The number of rotatable bonds is 4. The van der Waals surface area contributed by atoms with Crippen LogP contribution in [0.15, 0.2) is 12.7 Å². The maximum atomic E-state index is 10.6. The molecule has 0 aromatic carbocycles. The highest BCUT2D eigenvalue weighted by atomic mass is 16.6. The van der Waals surface area contributed by atoms with E-state index in [2.05, 4.69) is 6.58 Å². The molecule has 3 heteroatoms. The van der Waals surface area contributed by atoms with Gasteiger partial charge < -0.3 is 9.47 Å². The summed E-state index contributed by atoms with van der Waals surface area (Å²) in [5.74, 6) is -0.237. The van der Waals surface area contributed by atoms with Gasteiger partial charge >= 0.3 is 5.97 Å². The first-order valence-corrected chi connectivity index (χ1v) is 5.12. The predicted octanol–water partition coefficient (Wildman–Crippen LogP) is 2.06. The van der Waals surface area contributed by atoms with E-state index in [1.54, 1.807) is 0 Å². The Balaban J connectivity index is 2.25. The zero-order valence-corrected chi connectivity index (χ0v) is 8.70. The highest BCUT2D eigenvalue weighted by Crippen LogP contribution is 2.21. The number of hydrogen-bond acceptors (Lipinski definition) is 3. The summed E-state index contributed by atoms with van der Waals surface area (Å²) in [4.78, 5) is 10.6. The predicted molar refractivity (Wildman–Crippen MR) is 54.0 cm³/mol. The molecule has 1 rings (SSSR count). The Bertz CT molecular complexity index is 201. The number of ether oxygens (including phenoxy) is 2. The molecule has 0 aromatic rings. The monoisotopic (exact) mass is 198 g/mol. The molecular weight excluding hydrogens is 180 g/mol. The van der Waals surface area contributed by atoms with E-state index >= 15 is 0 Å². The summed E-state index contributed by atoms with van der Waals surface area (Å²) in [6.45, 7) is 5.50. The second-order valence-electron chi connectivity index (χ2n) is 3.64. The largest absolute Gasteiger partial charge is 0.463 e. The molecule has 80 valence electrons. The van der Waals surface area contributed by atoms with Crippen LogP contribution in [0.5, 0.6) is 0 Å². The number of hydrogen-bond donors (Lipinski definition) is 0. The van der Waals surface area contributed by atoms with Gasteiger partial charge in [0.2, 0.25) is 0 Å². The van der Waals surface area contributed by atoms with Crippen molar-refractivity contribution in [1.82, 2.24) is 0 Å². The van der Waals surface area contributed by atoms with Crippen LogP contribution in [0.4, 0.5) is 0 Å². The van der Waals surface area contributed by atoms with Crippen LogP contribution >= 0.6 is 0 Å². The van der Waals surface area contributed by atoms with Crippen LogP contribution in [0.2, 0.25) is 0 Å².